The molecule has 0 aliphatic heterocycles. The van der Waals surface area contributed by atoms with Gasteiger partial charge in [-0.1, -0.05) is 35.9 Å². The van der Waals surface area contributed by atoms with E-state index in [1.165, 1.54) is 0 Å². The minimum absolute atomic E-state index is 0.652. The van der Waals surface area contributed by atoms with Crippen LogP contribution in [0.1, 0.15) is 10.4 Å². The summed E-state index contributed by atoms with van der Waals surface area (Å²) in [5.41, 5.74) is 6.84. The normalized spacial score (nSPS) is 9.00. The van der Waals surface area contributed by atoms with Crippen molar-refractivity contribution in [3.8, 4) is 5.75 Å². The quantitative estimate of drug-likeness (QED) is 0.667. The molecule has 0 aliphatic carbocycles. The van der Waals surface area contributed by atoms with Crippen LogP contribution in [0.4, 0.5) is 5.69 Å². The number of carbonyl (C=O) groups excluding carboxylic acids is 1. The molecule has 0 aliphatic rings. The average molecular weight is 264 g/mol. The molecule has 0 heterocycles. The van der Waals surface area contributed by atoms with E-state index in [0.29, 0.717) is 16.3 Å². The standard InChI is InChI=1S/C7H5ClO.C7H9NO/c8-7-3-1-6(5-9)2-4-7;1-9-7-5-3-2-4-6(7)8/h1-5H;2-5H,8H2,1H3. The minimum Gasteiger partial charge on any atom is -0.495 e. The summed E-state index contributed by atoms with van der Waals surface area (Å²) in [6, 6.07) is 14.1. The highest BCUT2D eigenvalue weighted by Crippen LogP contribution is 2.18. The fourth-order valence-electron chi connectivity index (χ4n) is 1.21. The molecular weight excluding hydrogens is 250 g/mol. The van der Waals surface area contributed by atoms with Gasteiger partial charge in [0.15, 0.2) is 0 Å². The largest absolute Gasteiger partial charge is 0.495 e. The van der Waals surface area contributed by atoms with Gasteiger partial charge in [-0.15, -0.1) is 0 Å². The number of para-hydroxylation sites is 2. The molecule has 0 radical (unpaired) electrons. The zero-order chi connectivity index (χ0) is 13.4. The summed E-state index contributed by atoms with van der Waals surface area (Å²) in [7, 11) is 1.60. The Morgan fingerprint density at radius 2 is 1.72 bits per heavy atom. The van der Waals surface area contributed by atoms with Gasteiger partial charge >= 0.3 is 0 Å². The molecule has 0 saturated carbocycles. The summed E-state index contributed by atoms with van der Waals surface area (Å²) in [4.78, 5) is 10.1. The van der Waals surface area contributed by atoms with Crippen LogP contribution in [0.25, 0.3) is 0 Å². The van der Waals surface area contributed by atoms with Crippen molar-refractivity contribution in [3.05, 3.63) is 59.1 Å². The molecule has 0 spiro atoms. The molecule has 4 heteroatoms. The number of nitrogen functional groups attached to an aromatic ring is 1. The van der Waals surface area contributed by atoms with Crippen LogP contribution < -0.4 is 10.5 Å². The van der Waals surface area contributed by atoms with Crippen LogP contribution in [0.15, 0.2) is 48.5 Å². The molecule has 2 aromatic rings. The average Bonchev–Trinajstić information content (AvgIpc) is 2.41. The molecule has 0 unspecified atom stereocenters. The Morgan fingerprint density at radius 1 is 1.11 bits per heavy atom. The first-order valence-electron chi connectivity index (χ1n) is 5.26. The van der Waals surface area contributed by atoms with E-state index in [4.69, 9.17) is 22.1 Å². The van der Waals surface area contributed by atoms with Gasteiger partial charge in [-0.2, -0.15) is 0 Å². The van der Waals surface area contributed by atoms with Crippen molar-refractivity contribution in [1.29, 1.82) is 0 Å². The predicted molar refractivity (Wildman–Crippen MR) is 74.2 cm³/mol. The highest BCUT2D eigenvalue weighted by molar-refractivity contribution is 6.30. The second-order valence-electron chi connectivity index (χ2n) is 3.41. The molecule has 2 rings (SSSR count). The number of nitrogens with two attached hydrogens (primary N) is 1. The summed E-state index contributed by atoms with van der Waals surface area (Å²) in [5, 5.41) is 0.653. The number of rotatable bonds is 2. The smallest absolute Gasteiger partial charge is 0.150 e. The number of hydrogen-bond acceptors (Lipinski definition) is 3. The monoisotopic (exact) mass is 263 g/mol. The maximum absolute atomic E-state index is 10.1. The fraction of sp³-hybridized carbons (Fsp3) is 0.0714. The summed E-state index contributed by atoms with van der Waals surface area (Å²) >= 11 is 5.55. The van der Waals surface area contributed by atoms with Crippen molar-refractivity contribution < 1.29 is 9.53 Å². The van der Waals surface area contributed by atoms with Gasteiger partial charge in [-0.3, -0.25) is 4.79 Å². The number of methoxy groups -OCH3 is 1. The van der Waals surface area contributed by atoms with Gasteiger partial charge in [0.25, 0.3) is 0 Å². The van der Waals surface area contributed by atoms with Crippen molar-refractivity contribution in [2.45, 2.75) is 0 Å². The summed E-state index contributed by atoms with van der Waals surface area (Å²) in [6.07, 6.45) is 0.788. The van der Waals surface area contributed by atoms with Crippen LogP contribution in [-0.2, 0) is 0 Å². The molecule has 0 fully saturated rings. The fourth-order valence-corrected chi connectivity index (χ4v) is 1.33. The Balaban J connectivity index is 0.000000180. The molecule has 2 aromatic carbocycles. The van der Waals surface area contributed by atoms with Crippen LogP contribution in [0, 0.1) is 0 Å². The van der Waals surface area contributed by atoms with E-state index in [2.05, 4.69) is 0 Å². The number of halogens is 1. The van der Waals surface area contributed by atoms with E-state index >= 15 is 0 Å². The number of carbonyl (C=O) groups is 1. The lowest BCUT2D eigenvalue weighted by molar-refractivity contribution is 0.112. The molecule has 0 amide bonds. The third-order valence-corrected chi connectivity index (χ3v) is 2.40. The predicted octanol–water partition coefficient (Wildman–Crippen LogP) is 3.43. The molecular formula is C14H14ClNO2. The van der Waals surface area contributed by atoms with Crippen LogP contribution in [0.3, 0.4) is 0 Å². The lowest BCUT2D eigenvalue weighted by Gasteiger charge is -2.00. The molecule has 0 atom stereocenters. The highest BCUT2D eigenvalue weighted by atomic mass is 35.5. The van der Waals surface area contributed by atoms with E-state index in [9.17, 15) is 4.79 Å². The van der Waals surface area contributed by atoms with Crippen molar-refractivity contribution in [3.63, 3.8) is 0 Å². The summed E-state index contributed by atoms with van der Waals surface area (Å²) in [6.45, 7) is 0. The molecule has 18 heavy (non-hydrogen) atoms. The number of anilines is 1. The molecule has 3 nitrogen and oxygen atoms in total. The Kier molecular flexibility index (Phi) is 5.74. The minimum atomic E-state index is 0.652. The second kappa shape index (κ2) is 7.35. The Hall–Kier alpha value is -2.00. The van der Waals surface area contributed by atoms with Gasteiger partial charge in [-0.25, -0.2) is 0 Å². The van der Waals surface area contributed by atoms with E-state index in [-0.39, 0.29) is 0 Å². The zero-order valence-corrected chi connectivity index (χ0v) is 10.7. The molecule has 2 N–H and O–H groups in total. The Labute approximate surface area is 111 Å². The molecule has 94 valence electrons. The summed E-state index contributed by atoms with van der Waals surface area (Å²) in [5.74, 6) is 0.734. The molecule has 0 aromatic heterocycles. The lowest BCUT2D eigenvalue weighted by atomic mass is 10.2. The number of benzene rings is 2. The number of ether oxygens (including phenoxy) is 1. The first kappa shape index (κ1) is 14.1. The van der Waals surface area contributed by atoms with Crippen molar-refractivity contribution in [2.75, 3.05) is 12.8 Å². The maximum atomic E-state index is 10.1. The van der Waals surface area contributed by atoms with Crippen molar-refractivity contribution >= 4 is 23.6 Å². The first-order chi connectivity index (χ1) is 8.67. The van der Waals surface area contributed by atoms with Crippen molar-refractivity contribution in [2.24, 2.45) is 0 Å². The topological polar surface area (TPSA) is 52.3 Å². The number of aldehydes is 1. The van der Waals surface area contributed by atoms with Crippen LogP contribution >= 0.6 is 11.6 Å². The third-order valence-electron chi connectivity index (χ3n) is 2.15. The van der Waals surface area contributed by atoms with Crippen molar-refractivity contribution in [1.82, 2.24) is 0 Å². The Morgan fingerprint density at radius 3 is 2.17 bits per heavy atom. The lowest BCUT2D eigenvalue weighted by Crippen LogP contribution is -1.89. The van der Waals surface area contributed by atoms with Crippen LogP contribution in [0.2, 0.25) is 5.02 Å². The van der Waals surface area contributed by atoms with E-state index in [0.717, 1.165) is 12.0 Å². The van der Waals surface area contributed by atoms with Gasteiger partial charge in [-0.05, 0) is 24.3 Å². The van der Waals surface area contributed by atoms with Gasteiger partial charge in [0.1, 0.15) is 12.0 Å². The van der Waals surface area contributed by atoms with Gasteiger partial charge in [0.2, 0.25) is 0 Å². The van der Waals surface area contributed by atoms with E-state index in [1.54, 1.807) is 37.4 Å². The van der Waals surface area contributed by atoms with Crippen LogP contribution in [-0.4, -0.2) is 13.4 Å². The molecule has 0 saturated heterocycles. The number of hydrogen-bond donors (Lipinski definition) is 1. The first-order valence-corrected chi connectivity index (χ1v) is 5.64. The maximum Gasteiger partial charge on any atom is 0.150 e. The Bertz CT molecular complexity index is 497. The van der Waals surface area contributed by atoms with E-state index in [1.807, 2.05) is 18.2 Å². The van der Waals surface area contributed by atoms with Gasteiger partial charge in [0, 0.05) is 10.6 Å². The highest BCUT2D eigenvalue weighted by Gasteiger charge is 1.91. The van der Waals surface area contributed by atoms with Gasteiger partial charge < -0.3 is 10.5 Å². The second-order valence-corrected chi connectivity index (χ2v) is 3.85. The zero-order valence-electron chi connectivity index (χ0n) is 9.97. The third kappa shape index (κ3) is 4.47. The molecule has 0 bridgehead atoms. The summed E-state index contributed by atoms with van der Waals surface area (Å²) < 4.78 is 4.92. The van der Waals surface area contributed by atoms with E-state index < -0.39 is 0 Å². The van der Waals surface area contributed by atoms with Crippen LogP contribution in [0.5, 0.6) is 5.75 Å². The SMILES string of the molecule is COc1ccccc1N.O=Cc1ccc(Cl)cc1. The van der Waals surface area contributed by atoms with Gasteiger partial charge in [0.05, 0.1) is 12.8 Å².